The van der Waals surface area contributed by atoms with Crippen molar-refractivity contribution in [2.75, 3.05) is 25.5 Å². The van der Waals surface area contributed by atoms with Crippen LogP contribution in [0.25, 0.3) is 0 Å². The average molecular weight is 281 g/mol. The molecule has 1 aliphatic carbocycles. The van der Waals surface area contributed by atoms with E-state index in [9.17, 15) is 0 Å². The molecule has 0 aliphatic heterocycles. The molecule has 19 heavy (non-hydrogen) atoms. The Labute approximate surface area is 122 Å². The van der Waals surface area contributed by atoms with Crippen molar-refractivity contribution < 1.29 is 0 Å². The summed E-state index contributed by atoms with van der Waals surface area (Å²) in [6.07, 6.45) is 6.95. The molecular formula is C16H25ClN2. The summed E-state index contributed by atoms with van der Waals surface area (Å²) in [5.74, 6) is 0. The van der Waals surface area contributed by atoms with Crippen LogP contribution in [-0.2, 0) is 0 Å². The predicted molar refractivity (Wildman–Crippen MR) is 84.2 cm³/mol. The standard InChI is InChI=1S/C16H25ClN2/c1-13-8-9-14(12-16(13)17)18-10-11-19(2)15-6-4-3-5-7-15/h8-9,12,15,18H,3-7,10-11H2,1-2H3. The zero-order valence-electron chi connectivity index (χ0n) is 12.1. The second-order valence-corrected chi connectivity index (χ2v) is 6.07. The Morgan fingerprint density at radius 3 is 2.68 bits per heavy atom. The van der Waals surface area contributed by atoms with Crippen LogP contribution in [0.4, 0.5) is 5.69 Å². The van der Waals surface area contributed by atoms with E-state index in [0.29, 0.717) is 0 Å². The summed E-state index contributed by atoms with van der Waals surface area (Å²) in [6.45, 7) is 4.10. The highest BCUT2D eigenvalue weighted by Gasteiger charge is 2.17. The normalized spacial score (nSPS) is 16.8. The predicted octanol–water partition coefficient (Wildman–Crippen LogP) is 4.32. The average Bonchev–Trinajstić information content (AvgIpc) is 2.43. The molecule has 0 amide bonds. The maximum atomic E-state index is 6.13. The Kier molecular flexibility index (Phi) is 5.53. The van der Waals surface area contributed by atoms with Crippen molar-refractivity contribution in [3.63, 3.8) is 0 Å². The molecular weight excluding hydrogens is 256 g/mol. The summed E-state index contributed by atoms with van der Waals surface area (Å²) in [6, 6.07) is 6.96. The largest absolute Gasteiger partial charge is 0.384 e. The SMILES string of the molecule is Cc1ccc(NCCN(C)C2CCCCC2)cc1Cl. The van der Waals surface area contributed by atoms with Crippen LogP contribution in [0.2, 0.25) is 5.02 Å². The number of benzene rings is 1. The lowest BCUT2D eigenvalue weighted by Crippen LogP contribution is -2.36. The van der Waals surface area contributed by atoms with Gasteiger partial charge in [0.1, 0.15) is 0 Å². The van der Waals surface area contributed by atoms with Crippen LogP contribution in [0.15, 0.2) is 18.2 Å². The van der Waals surface area contributed by atoms with E-state index < -0.39 is 0 Å². The second-order valence-electron chi connectivity index (χ2n) is 5.66. The topological polar surface area (TPSA) is 15.3 Å². The Hall–Kier alpha value is -0.730. The van der Waals surface area contributed by atoms with E-state index in [1.807, 2.05) is 13.0 Å². The van der Waals surface area contributed by atoms with Gasteiger partial charge in [-0.15, -0.1) is 0 Å². The van der Waals surface area contributed by atoms with Crippen LogP contribution in [0.3, 0.4) is 0 Å². The number of halogens is 1. The minimum absolute atomic E-state index is 0.789. The van der Waals surface area contributed by atoms with Gasteiger partial charge in [-0.1, -0.05) is 36.9 Å². The Balaban J connectivity index is 1.74. The lowest BCUT2D eigenvalue weighted by Gasteiger charge is -2.31. The van der Waals surface area contributed by atoms with E-state index >= 15 is 0 Å². The number of rotatable bonds is 5. The van der Waals surface area contributed by atoms with Crippen molar-refractivity contribution in [1.82, 2.24) is 4.90 Å². The molecule has 0 unspecified atom stereocenters. The molecule has 0 atom stereocenters. The zero-order chi connectivity index (χ0) is 13.7. The van der Waals surface area contributed by atoms with Gasteiger partial charge in [0.25, 0.3) is 0 Å². The molecule has 1 aromatic rings. The van der Waals surface area contributed by atoms with E-state index in [1.165, 1.54) is 32.1 Å². The molecule has 0 aromatic heterocycles. The maximum absolute atomic E-state index is 6.13. The highest BCUT2D eigenvalue weighted by Crippen LogP contribution is 2.22. The van der Waals surface area contributed by atoms with Gasteiger partial charge < -0.3 is 10.2 Å². The fourth-order valence-corrected chi connectivity index (χ4v) is 2.96. The Morgan fingerprint density at radius 1 is 1.26 bits per heavy atom. The Morgan fingerprint density at radius 2 is 2.00 bits per heavy atom. The number of hydrogen-bond donors (Lipinski definition) is 1. The third-order valence-corrected chi connectivity index (χ3v) is 4.57. The molecule has 2 nitrogen and oxygen atoms in total. The van der Waals surface area contributed by atoms with E-state index in [1.54, 1.807) is 0 Å². The van der Waals surface area contributed by atoms with E-state index in [0.717, 1.165) is 35.4 Å². The van der Waals surface area contributed by atoms with Gasteiger partial charge in [0, 0.05) is 29.8 Å². The van der Waals surface area contributed by atoms with Gasteiger partial charge in [-0.2, -0.15) is 0 Å². The fraction of sp³-hybridized carbons (Fsp3) is 0.625. The molecule has 0 radical (unpaired) electrons. The summed E-state index contributed by atoms with van der Waals surface area (Å²) < 4.78 is 0. The van der Waals surface area contributed by atoms with Gasteiger partial charge in [-0.3, -0.25) is 0 Å². The number of nitrogens with zero attached hydrogens (tertiary/aromatic N) is 1. The van der Waals surface area contributed by atoms with Crippen LogP contribution in [0, 0.1) is 6.92 Å². The highest BCUT2D eigenvalue weighted by atomic mass is 35.5. The quantitative estimate of drug-likeness (QED) is 0.864. The maximum Gasteiger partial charge on any atom is 0.0455 e. The first-order chi connectivity index (χ1) is 9.16. The number of likely N-dealkylation sites (N-methyl/N-ethyl adjacent to an activating group) is 1. The molecule has 1 saturated carbocycles. The van der Waals surface area contributed by atoms with Crippen LogP contribution >= 0.6 is 11.6 Å². The molecule has 106 valence electrons. The molecule has 1 fully saturated rings. The number of anilines is 1. The van der Waals surface area contributed by atoms with Crippen LogP contribution in [-0.4, -0.2) is 31.1 Å². The van der Waals surface area contributed by atoms with Gasteiger partial charge in [0.15, 0.2) is 0 Å². The monoisotopic (exact) mass is 280 g/mol. The van der Waals surface area contributed by atoms with E-state index in [2.05, 4.69) is 29.4 Å². The van der Waals surface area contributed by atoms with Crippen LogP contribution in [0.1, 0.15) is 37.7 Å². The van der Waals surface area contributed by atoms with Crippen molar-refractivity contribution in [2.24, 2.45) is 0 Å². The molecule has 0 spiro atoms. The third-order valence-electron chi connectivity index (χ3n) is 4.16. The third kappa shape index (κ3) is 4.39. The molecule has 2 rings (SSSR count). The number of hydrogen-bond acceptors (Lipinski definition) is 2. The molecule has 0 heterocycles. The fourth-order valence-electron chi connectivity index (χ4n) is 2.78. The first-order valence-corrected chi connectivity index (χ1v) is 7.75. The minimum Gasteiger partial charge on any atom is -0.384 e. The van der Waals surface area contributed by atoms with Gasteiger partial charge in [0.05, 0.1) is 0 Å². The minimum atomic E-state index is 0.789. The summed E-state index contributed by atoms with van der Waals surface area (Å²) >= 11 is 6.13. The molecule has 3 heteroatoms. The zero-order valence-corrected chi connectivity index (χ0v) is 12.8. The highest BCUT2D eigenvalue weighted by molar-refractivity contribution is 6.31. The smallest absolute Gasteiger partial charge is 0.0455 e. The summed E-state index contributed by atoms with van der Waals surface area (Å²) in [4.78, 5) is 2.50. The molecule has 1 aliphatic rings. The van der Waals surface area contributed by atoms with Crippen molar-refractivity contribution in [1.29, 1.82) is 0 Å². The van der Waals surface area contributed by atoms with Gasteiger partial charge in [-0.05, 0) is 44.5 Å². The second kappa shape index (κ2) is 7.16. The lowest BCUT2D eigenvalue weighted by atomic mass is 9.94. The number of nitrogens with one attached hydrogen (secondary N) is 1. The van der Waals surface area contributed by atoms with E-state index in [4.69, 9.17) is 11.6 Å². The van der Waals surface area contributed by atoms with Gasteiger partial charge in [0.2, 0.25) is 0 Å². The Bertz CT molecular complexity index is 400. The van der Waals surface area contributed by atoms with Crippen molar-refractivity contribution in [2.45, 2.75) is 45.1 Å². The van der Waals surface area contributed by atoms with E-state index in [-0.39, 0.29) is 0 Å². The van der Waals surface area contributed by atoms with Crippen molar-refractivity contribution >= 4 is 17.3 Å². The van der Waals surface area contributed by atoms with Crippen molar-refractivity contribution in [3.8, 4) is 0 Å². The summed E-state index contributed by atoms with van der Waals surface area (Å²) in [5, 5.41) is 4.30. The number of aryl methyl sites for hydroxylation is 1. The first kappa shape index (κ1) is 14.7. The molecule has 1 N–H and O–H groups in total. The molecule has 0 bridgehead atoms. The van der Waals surface area contributed by atoms with Crippen molar-refractivity contribution in [3.05, 3.63) is 28.8 Å². The van der Waals surface area contributed by atoms with Crippen LogP contribution < -0.4 is 5.32 Å². The molecule has 0 saturated heterocycles. The van der Waals surface area contributed by atoms with Gasteiger partial charge in [-0.25, -0.2) is 0 Å². The summed E-state index contributed by atoms with van der Waals surface area (Å²) in [7, 11) is 2.25. The van der Waals surface area contributed by atoms with Crippen LogP contribution in [0.5, 0.6) is 0 Å². The first-order valence-electron chi connectivity index (χ1n) is 7.37. The van der Waals surface area contributed by atoms with Gasteiger partial charge >= 0.3 is 0 Å². The molecule has 1 aromatic carbocycles. The lowest BCUT2D eigenvalue weighted by molar-refractivity contribution is 0.198. The summed E-state index contributed by atoms with van der Waals surface area (Å²) in [5.41, 5.74) is 2.25.